The Morgan fingerprint density at radius 1 is 1.36 bits per heavy atom. The van der Waals surface area contributed by atoms with E-state index in [2.05, 4.69) is 19.9 Å². The summed E-state index contributed by atoms with van der Waals surface area (Å²) >= 11 is 3.88. The van der Waals surface area contributed by atoms with Crippen molar-refractivity contribution in [2.75, 3.05) is 11.5 Å². The molecule has 0 aliphatic heterocycles. The van der Waals surface area contributed by atoms with Gasteiger partial charge in [0.05, 0.1) is 0 Å². The van der Waals surface area contributed by atoms with Gasteiger partial charge in [0.25, 0.3) is 4.21 Å². The highest BCUT2D eigenvalue weighted by Gasteiger charge is 2.12. The summed E-state index contributed by atoms with van der Waals surface area (Å²) in [4.78, 5) is 0. The molecule has 0 radical (unpaired) electrons. The van der Waals surface area contributed by atoms with Crippen LogP contribution >= 0.6 is 44.2 Å². The van der Waals surface area contributed by atoms with Crippen LogP contribution in [0.2, 0.25) is 0 Å². The quantitative estimate of drug-likeness (QED) is 0.424. The number of thioether (sulfide) groups is 2. The highest BCUT2D eigenvalue weighted by Crippen LogP contribution is 2.35. The van der Waals surface area contributed by atoms with Crippen LogP contribution in [0.4, 0.5) is 0 Å². The van der Waals surface area contributed by atoms with Crippen molar-refractivity contribution in [1.82, 2.24) is 0 Å². The van der Waals surface area contributed by atoms with Crippen molar-refractivity contribution in [3.05, 3.63) is 6.07 Å². The van der Waals surface area contributed by atoms with E-state index in [1.807, 2.05) is 44.2 Å². The third-order valence-electron chi connectivity index (χ3n) is 1.01. The fraction of sp³-hybridized carbons (Fsp3) is 0.571. The van der Waals surface area contributed by atoms with E-state index in [1.54, 1.807) is 0 Å². The summed E-state index contributed by atoms with van der Waals surface area (Å²) in [6.45, 7) is 4.39. The van der Waals surface area contributed by atoms with Crippen LogP contribution in [0.1, 0.15) is 13.8 Å². The van der Waals surface area contributed by atoms with Gasteiger partial charge in [0.1, 0.15) is 4.21 Å². The molecule has 0 saturated carbocycles. The first-order chi connectivity index (χ1) is 5.36. The largest absolute Gasteiger partial charge is 0.308 e. The Morgan fingerprint density at radius 2 is 2.09 bits per heavy atom. The van der Waals surface area contributed by atoms with Gasteiger partial charge in [0.15, 0.2) is 10.3 Å². The van der Waals surface area contributed by atoms with Gasteiger partial charge in [0.2, 0.25) is 0 Å². The molecule has 0 aliphatic rings. The predicted octanol–water partition coefficient (Wildman–Crippen LogP) is 4.31. The average Bonchev–Trinajstić information content (AvgIpc) is 2.38. The molecule has 0 N–H and O–H groups in total. The summed E-state index contributed by atoms with van der Waals surface area (Å²) in [7, 11) is 3.80. The van der Waals surface area contributed by atoms with Gasteiger partial charge in [-0.1, -0.05) is 25.6 Å². The van der Waals surface area contributed by atoms with Crippen LogP contribution in [0.5, 0.6) is 0 Å². The van der Waals surface area contributed by atoms with E-state index in [0.717, 1.165) is 0 Å². The van der Waals surface area contributed by atoms with Gasteiger partial charge in [-0.2, -0.15) is 0 Å². The minimum Gasteiger partial charge on any atom is -0.111 e. The molecule has 0 unspecified atom stereocenters. The van der Waals surface area contributed by atoms with Crippen molar-refractivity contribution in [1.29, 1.82) is 0 Å². The van der Waals surface area contributed by atoms with Gasteiger partial charge >= 0.3 is 10.3 Å². The maximum Gasteiger partial charge on any atom is 0.308 e. The molecule has 0 fully saturated rings. The van der Waals surface area contributed by atoms with Gasteiger partial charge < -0.3 is 0 Å². The van der Waals surface area contributed by atoms with Crippen molar-refractivity contribution in [3.63, 3.8) is 0 Å². The Hall–Kier alpha value is 0.750. The van der Waals surface area contributed by atoms with Crippen LogP contribution in [-0.2, 0) is 0 Å². The third kappa shape index (κ3) is 3.32. The Kier molecular flexibility index (Phi) is 4.83. The first kappa shape index (κ1) is 9.84. The molecule has 0 aromatic carbocycles. The lowest BCUT2D eigenvalue weighted by Crippen LogP contribution is -1.64. The average molecular weight is 223 g/mol. The molecule has 0 bridgehead atoms. The van der Waals surface area contributed by atoms with Crippen molar-refractivity contribution >= 4 is 44.2 Å². The first-order valence-electron chi connectivity index (χ1n) is 3.55. The fourth-order valence-electron chi connectivity index (χ4n) is 0.642. The van der Waals surface area contributed by atoms with Gasteiger partial charge in [-0.25, -0.2) is 0 Å². The maximum atomic E-state index is 2.30. The third-order valence-corrected chi connectivity index (χ3v) is 6.21. The Morgan fingerprint density at radius 3 is 2.73 bits per heavy atom. The zero-order valence-electron chi connectivity index (χ0n) is 6.62. The molecule has 1 heterocycles. The highest BCUT2D eigenvalue weighted by atomic mass is 32.9. The van der Waals surface area contributed by atoms with Gasteiger partial charge in [-0.15, -0.1) is 11.8 Å². The van der Waals surface area contributed by atoms with Crippen LogP contribution in [-0.4, -0.2) is 11.5 Å². The minimum absolute atomic E-state index is 1.18. The zero-order valence-corrected chi connectivity index (χ0v) is 9.89. The molecule has 1 aromatic heterocycles. The smallest absolute Gasteiger partial charge is 0.111 e. The van der Waals surface area contributed by atoms with Crippen molar-refractivity contribution < 1.29 is 0 Å². The number of rotatable bonds is 4. The molecule has 0 spiro atoms. The first-order valence-corrected chi connectivity index (χ1v) is 7.67. The standard InChI is InChI=1S/C7H11S4/c1-3-8-6-5-7(9-4-2)11-10-6/h5H,3-4H2,1-2H3/q+1. The molecule has 11 heavy (non-hydrogen) atoms. The van der Waals surface area contributed by atoms with E-state index in [0.29, 0.717) is 0 Å². The lowest BCUT2D eigenvalue weighted by Gasteiger charge is -1.83. The van der Waals surface area contributed by atoms with E-state index in [4.69, 9.17) is 0 Å². The summed E-state index contributed by atoms with van der Waals surface area (Å²) in [5.74, 6) is 2.37. The van der Waals surface area contributed by atoms with Crippen LogP contribution in [0.25, 0.3) is 0 Å². The number of hydrogen-bond acceptors (Lipinski definition) is 3. The molecule has 0 amide bonds. The summed E-state index contributed by atoms with van der Waals surface area (Å²) in [5, 5.41) is 0. The Labute approximate surface area is 83.8 Å². The lowest BCUT2D eigenvalue weighted by molar-refractivity contribution is 1.48. The lowest BCUT2D eigenvalue weighted by atomic mass is 10.8. The van der Waals surface area contributed by atoms with Crippen LogP contribution < -0.4 is 0 Å². The SMILES string of the molecule is CCSc1cc(SCC)[s+]s1. The topological polar surface area (TPSA) is 0 Å². The molecule has 0 nitrogen and oxygen atoms in total. The Bertz CT molecular complexity index is 185. The minimum atomic E-state index is 1.18. The highest BCUT2D eigenvalue weighted by molar-refractivity contribution is 8.05. The second-order valence-electron chi connectivity index (χ2n) is 1.82. The molecular weight excluding hydrogens is 212 g/mol. The van der Waals surface area contributed by atoms with Crippen LogP contribution in [0, 0.1) is 0 Å². The zero-order chi connectivity index (χ0) is 8.10. The summed E-state index contributed by atoms with van der Waals surface area (Å²) in [5.41, 5.74) is 0. The van der Waals surface area contributed by atoms with Crippen LogP contribution in [0.15, 0.2) is 14.5 Å². The molecule has 0 saturated heterocycles. The summed E-state index contributed by atoms with van der Waals surface area (Å²) < 4.78 is 2.93. The predicted molar refractivity (Wildman–Crippen MR) is 59.4 cm³/mol. The molecule has 4 heteroatoms. The molecule has 1 rings (SSSR count). The van der Waals surface area contributed by atoms with Crippen molar-refractivity contribution in [3.8, 4) is 0 Å². The fourth-order valence-corrected chi connectivity index (χ4v) is 5.76. The van der Waals surface area contributed by atoms with E-state index in [-0.39, 0.29) is 0 Å². The maximum absolute atomic E-state index is 2.30. The molecule has 0 aliphatic carbocycles. The second kappa shape index (κ2) is 5.41. The van der Waals surface area contributed by atoms with Crippen molar-refractivity contribution in [2.45, 2.75) is 22.3 Å². The normalized spacial score (nSPS) is 10.4. The molecular formula is C7H11S4+. The van der Waals surface area contributed by atoms with E-state index < -0.39 is 0 Å². The molecule has 62 valence electrons. The van der Waals surface area contributed by atoms with E-state index in [9.17, 15) is 0 Å². The molecule has 1 aromatic rings. The van der Waals surface area contributed by atoms with Gasteiger partial charge in [-0.3, -0.25) is 0 Å². The van der Waals surface area contributed by atoms with Gasteiger partial charge in [-0.05, 0) is 11.5 Å². The molecule has 0 atom stereocenters. The summed E-state index contributed by atoms with van der Waals surface area (Å²) in [6.07, 6.45) is 0. The van der Waals surface area contributed by atoms with Crippen molar-refractivity contribution in [2.24, 2.45) is 0 Å². The van der Waals surface area contributed by atoms with Crippen LogP contribution in [0.3, 0.4) is 0 Å². The Balaban J connectivity index is 2.51. The number of hydrogen-bond donors (Lipinski definition) is 0. The van der Waals surface area contributed by atoms with E-state index >= 15 is 0 Å². The monoisotopic (exact) mass is 223 g/mol. The summed E-state index contributed by atoms with van der Waals surface area (Å²) in [6, 6.07) is 2.30. The van der Waals surface area contributed by atoms with E-state index in [1.165, 1.54) is 19.9 Å². The van der Waals surface area contributed by atoms with Gasteiger partial charge in [0, 0.05) is 6.07 Å². The second-order valence-corrected chi connectivity index (χ2v) is 7.16.